The highest BCUT2D eigenvalue weighted by Crippen LogP contribution is 2.28. The lowest BCUT2D eigenvalue weighted by Crippen LogP contribution is -2.26. The van der Waals surface area contributed by atoms with Crippen molar-refractivity contribution in [3.63, 3.8) is 0 Å². The summed E-state index contributed by atoms with van der Waals surface area (Å²) >= 11 is 1.75. The minimum absolute atomic E-state index is 0.0384. The van der Waals surface area contributed by atoms with Gasteiger partial charge in [-0.3, -0.25) is 4.98 Å². The topological polar surface area (TPSA) is 48.7 Å². The van der Waals surface area contributed by atoms with Gasteiger partial charge in [-0.05, 0) is 17.5 Å². The summed E-state index contributed by atoms with van der Waals surface area (Å²) in [5.41, 5.74) is 1.47. The van der Waals surface area contributed by atoms with E-state index in [1.807, 2.05) is 0 Å². The number of anilines is 1. The number of nitrogens with one attached hydrogen (secondary N) is 1. The van der Waals surface area contributed by atoms with E-state index in [0.717, 1.165) is 12.2 Å². The van der Waals surface area contributed by atoms with Gasteiger partial charge < -0.3 is 5.32 Å². The van der Waals surface area contributed by atoms with E-state index in [4.69, 9.17) is 5.26 Å². The minimum Gasteiger partial charge on any atom is -0.382 e. The molecule has 2 heterocycles. The monoisotopic (exact) mass is 257 g/mol. The van der Waals surface area contributed by atoms with Crippen LogP contribution in [-0.2, 0) is 5.41 Å². The van der Waals surface area contributed by atoms with Crippen molar-refractivity contribution in [2.75, 3.05) is 11.9 Å². The number of hydrogen-bond donors (Lipinski definition) is 1. The molecule has 2 rings (SSSR count). The van der Waals surface area contributed by atoms with Crippen molar-refractivity contribution in [3.8, 4) is 6.07 Å². The summed E-state index contributed by atoms with van der Waals surface area (Å²) in [5, 5.41) is 14.4. The van der Waals surface area contributed by atoms with Crippen molar-refractivity contribution in [1.29, 1.82) is 5.26 Å². The van der Waals surface area contributed by atoms with Crippen LogP contribution in [-0.4, -0.2) is 11.5 Å². The molecule has 3 nitrogen and oxygen atoms in total. The Morgan fingerprint density at radius 2 is 2.28 bits per heavy atom. The van der Waals surface area contributed by atoms with Gasteiger partial charge in [-0.1, -0.05) is 19.9 Å². The molecule has 0 bridgehead atoms. The molecule has 0 saturated carbocycles. The first-order valence-electron chi connectivity index (χ1n) is 5.75. The zero-order valence-electron chi connectivity index (χ0n) is 10.5. The molecule has 0 unspecified atom stereocenters. The largest absolute Gasteiger partial charge is 0.382 e. The summed E-state index contributed by atoms with van der Waals surface area (Å²) in [6, 6.07) is 8.09. The van der Waals surface area contributed by atoms with Gasteiger partial charge in [-0.25, -0.2) is 0 Å². The molecule has 18 heavy (non-hydrogen) atoms. The van der Waals surface area contributed by atoms with Crippen LogP contribution in [0.5, 0.6) is 0 Å². The van der Waals surface area contributed by atoms with Crippen LogP contribution in [0.3, 0.4) is 0 Å². The zero-order chi connectivity index (χ0) is 13.0. The number of hydrogen-bond acceptors (Lipinski definition) is 4. The Morgan fingerprint density at radius 1 is 1.44 bits per heavy atom. The van der Waals surface area contributed by atoms with Crippen molar-refractivity contribution < 1.29 is 0 Å². The first-order valence-corrected chi connectivity index (χ1v) is 6.63. The Balaban J connectivity index is 2.10. The molecule has 2 aromatic heterocycles. The van der Waals surface area contributed by atoms with E-state index < -0.39 is 0 Å². The van der Waals surface area contributed by atoms with Crippen LogP contribution in [0, 0.1) is 11.3 Å². The molecule has 0 aliphatic carbocycles. The highest BCUT2D eigenvalue weighted by molar-refractivity contribution is 7.10. The molecule has 0 aromatic carbocycles. The Kier molecular flexibility index (Phi) is 3.63. The van der Waals surface area contributed by atoms with E-state index in [2.05, 4.69) is 47.7 Å². The molecule has 0 amide bonds. The summed E-state index contributed by atoms with van der Waals surface area (Å²) in [4.78, 5) is 5.38. The summed E-state index contributed by atoms with van der Waals surface area (Å²) in [5.74, 6) is 0. The van der Waals surface area contributed by atoms with Crippen LogP contribution in [0.1, 0.15) is 24.3 Å². The van der Waals surface area contributed by atoms with Crippen LogP contribution in [0.2, 0.25) is 0 Å². The average Bonchev–Trinajstić information content (AvgIpc) is 2.91. The highest BCUT2D eigenvalue weighted by atomic mass is 32.1. The molecular weight excluding hydrogens is 242 g/mol. The van der Waals surface area contributed by atoms with Crippen LogP contribution in [0.25, 0.3) is 0 Å². The lowest BCUT2D eigenvalue weighted by molar-refractivity contribution is 0.569. The molecule has 0 saturated heterocycles. The first kappa shape index (κ1) is 12.6. The Bertz CT molecular complexity index is 553. The van der Waals surface area contributed by atoms with E-state index >= 15 is 0 Å². The number of pyridine rings is 1. The normalized spacial score (nSPS) is 10.9. The van der Waals surface area contributed by atoms with Crippen molar-refractivity contribution in [3.05, 3.63) is 46.4 Å². The number of aromatic nitrogens is 1. The average molecular weight is 257 g/mol. The van der Waals surface area contributed by atoms with Crippen LogP contribution >= 0.6 is 11.3 Å². The van der Waals surface area contributed by atoms with Crippen LogP contribution in [0.4, 0.5) is 5.69 Å². The van der Waals surface area contributed by atoms with Gasteiger partial charge in [-0.2, -0.15) is 5.26 Å². The summed E-state index contributed by atoms with van der Waals surface area (Å²) < 4.78 is 0. The lowest BCUT2D eigenvalue weighted by Gasteiger charge is -2.24. The Hall–Kier alpha value is -1.86. The Morgan fingerprint density at radius 3 is 2.94 bits per heavy atom. The predicted molar refractivity (Wildman–Crippen MR) is 74.8 cm³/mol. The second kappa shape index (κ2) is 5.19. The SMILES string of the molecule is CC(C)(CNc1cnccc1C#N)c1cccs1. The standard InChI is InChI=1S/C14H15N3S/c1-14(2,13-4-3-7-18-13)10-17-12-9-16-6-5-11(12)8-15/h3-7,9,17H,10H2,1-2H3. The lowest BCUT2D eigenvalue weighted by atomic mass is 9.91. The Labute approximate surface area is 111 Å². The van der Waals surface area contributed by atoms with E-state index in [1.165, 1.54) is 4.88 Å². The maximum absolute atomic E-state index is 9.02. The van der Waals surface area contributed by atoms with Crippen molar-refractivity contribution >= 4 is 17.0 Å². The fourth-order valence-corrected chi connectivity index (χ4v) is 2.55. The quantitative estimate of drug-likeness (QED) is 0.913. The van der Waals surface area contributed by atoms with Gasteiger partial charge in [-0.15, -0.1) is 11.3 Å². The molecular formula is C14H15N3S. The summed E-state index contributed by atoms with van der Waals surface area (Å²) in [6.07, 6.45) is 3.33. The molecule has 0 radical (unpaired) electrons. The first-order chi connectivity index (χ1) is 8.63. The predicted octanol–water partition coefficient (Wildman–Crippen LogP) is 3.40. The molecule has 0 aliphatic rings. The third-order valence-electron chi connectivity index (χ3n) is 2.85. The van der Waals surface area contributed by atoms with Gasteiger partial charge in [0.1, 0.15) is 6.07 Å². The molecule has 0 atom stereocenters. The van der Waals surface area contributed by atoms with Crippen LogP contribution < -0.4 is 5.32 Å². The van der Waals surface area contributed by atoms with Gasteiger partial charge >= 0.3 is 0 Å². The van der Waals surface area contributed by atoms with Crippen molar-refractivity contribution in [1.82, 2.24) is 4.98 Å². The smallest absolute Gasteiger partial charge is 0.101 e. The molecule has 0 fully saturated rings. The third-order valence-corrected chi connectivity index (χ3v) is 4.09. The van der Waals surface area contributed by atoms with Crippen molar-refractivity contribution in [2.45, 2.75) is 19.3 Å². The number of nitriles is 1. The molecule has 1 N–H and O–H groups in total. The molecule has 92 valence electrons. The fourth-order valence-electron chi connectivity index (χ4n) is 1.70. The van der Waals surface area contributed by atoms with E-state index in [-0.39, 0.29) is 5.41 Å². The second-order valence-corrected chi connectivity index (χ2v) is 5.70. The van der Waals surface area contributed by atoms with Gasteiger partial charge in [0, 0.05) is 23.0 Å². The van der Waals surface area contributed by atoms with Crippen LogP contribution in [0.15, 0.2) is 36.0 Å². The maximum Gasteiger partial charge on any atom is 0.101 e. The molecule has 0 spiro atoms. The second-order valence-electron chi connectivity index (χ2n) is 4.75. The fraction of sp³-hybridized carbons (Fsp3) is 0.286. The number of rotatable bonds is 4. The summed E-state index contributed by atoms with van der Waals surface area (Å²) in [7, 11) is 0. The highest BCUT2D eigenvalue weighted by Gasteiger charge is 2.21. The third kappa shape index (κ3) is 2.69. The molecule has 0 aliphatic heterocycles. The van der Waals surface area contributed by atoms with Gasteiger partial charge in [0.05, 0.1) is 17.4 Å². The van der Waals surface area contributed by atoms with Gasteiger partial charge in [0.15, 0.2) is 0 Å². The molecule has 2 aromatic rings. The van der Waals surface area contributed by atoms with E-state index in [1.54, 1.807) is 29.8 Å². The van der Waals surface area contributed by atoms with E-state index in [9.17, 15) is 0 Å². The number of thiophene rings is 1. The molecule has 4 heteroatoms. The van der Waals surface area contributed by atoms with Crippen molar-refractivity contribution in [2.24, 2.45) is 0 Å². The maximum atomic E-state index is 9.02. The zero-order valence-corrected chi connectivity index (χ0v) is 11.3. The van der Waals surface area contributed by atoms with Gasteiger partial charge in [0.2, 0.25) is 0 Å². The van der Waals surface area contributed by atoms with Gasteiger partial charge in [0.25, 0.3) is 0 Å². The minimum atomic E-state index is 0.0384. The van der Waals surface area contributed by atoms with E-state index in [0.29, 0.717) is 5.56 Å². The summed E-state index contributed by atoms with van der Waals surface area (Å²) in [6.45, 7) is 5.15. The number of nitrogens with zero attached hydrogens (tertiary/aromatic N) is 2.